The lowest BCUT2D eigenvalue weighted by Gasteiger charge is -2.19. The molecule has 0 aliphatic rings. The van der Waals surface area contributed by atoms with E-state index < -0.39 is 39.4 Å². The van der Waals surface area contributed by atoms with Gasteiger partial charge in [-0.1, -0.05) is 11.6 Å². The maximum atomic E-state index is 13.3. The summed E-state index contributed by atoms with van der Waals surface area (Å²) in [7, 11) is 0. The normalized spacial score (nSPS) is 12.0. The van der Waals surface area contributed by atoms with Gasteiger partial charge in [0.15, 0.2) is 23.3 Å². The Morgan fingerprint density at radius 3 is 1.69 bits per heavy atom. The van der Waals surface area contributed by atoms with Crippen LogP contribution in [0.15, 0.2) is 0 Å². The summed E-state index contributed by atoms with van der Waals surface area (Å²) in [6.07, 6.45) is -0.338. The Labute approximate surface area is 95.2 Å². The van der Waals surface area contributed by atoms with E-state index in [-0.39, 0.29) is 6.42 Å². The van der Waals surface area contributed by atoms with Gasteiger partial charge in [-0.25, -0.2) is 17.6 Å². The van der Waals surface area contributed by atoms with Crippen LogP contribution in [0, 0.1) is 23.3 Å². The van der Waals surface area contributed by atoms with Crippen molar-refractivity contribution in [3.63, 3.8) is 0 Å². The fraction of sp³-hybridized carbons (Fsp3) is 0.400. The van der Waals surface area contributed by atoms with Crippen molar-refractivity contribution in [1.29, 1.82) is 0 Å². The van der Waals surface area contributed by atoms with E-state index in [0.29, 0.717) is 0 Å². The molecule has 0 aliphatic heterocycles. The van der Waals surface area contributed by atoms with Crippen LogP contribution >= 0.6 is 11.6 Å². The quantitative estimate of drug-likeness (QED) is 0.490. The lowest BCUT2D eigenvalue weighted by molar-refractivity contribution is 0.416. The van der Waals surface area contributed by atoms with Crippen LogP contribution in [-0.2, 0) is 6.42 Å². The zero-order valence-corrected chi connectivity index (χ0v) is 9.43. The summed E-state index contributed by atoms with van der Waals surface area (Å²) in [4.78, 5) is 0. The Morgan fingerprint density at radius 1 is 1.00 bits per heavy atom. The summed E-state index contributed by atoms with van der Waals surface area (Å²) in [6, 6.07) is 0. The highest BCUT2D eigenvalue weighted by atomic mass is 35.5. The molecule has 1 rings (SSSR count). The number of nitrogens with two attached hydrogens (primary N) is 1. The molecule has 0 spiro atoms. The predicted octanol–water partition coefficient (Wildman–Crippen LogP) is 3.18. The van der Waals surface area contributed by atoms with E-state index in [0.717, 1.165) is 0 Å². The first-order valence-corrected chi connectivity index (χ1v) is 4.82. The first-order chi connectivity index (χ1) is 7.15. The van der Waals surface area contributed by atoms with Gasteiger partial charge >= 0.3 is 0 Å². The number of hydrogen-bond acceptors (Lipinski definition) is 1. The van der Waals surface area contributed by atoms with Gasteiger partial charge in [0.25, 0.3) is 0 Å². The molecule has 1 aromatic carbocycles. The minimum absolute atomic E-state index is 0.338. The van der Waals surface area contributed by atoms with Crippen molar-refractivity contribution in [1.82, 2.24) is 0 Å². The molecule has 0 radical (unpaired) electrons. The Bertz CT molecular complexity index is 397. The van der Waals surface area contributed by atoms with Gasteiger partial charge in [-0.05, 0) is 20.3 Å². The molecule has 0 unspecified atom stereocenters. The van der Waals surface area contributed by atoms with Gasteiger partial charge in [-0.3, -0.25) is 0 Å². The lowest BCUT2D eigenvalue weighted by Crippen LogP contribution is -2.35. The Kier molecular flexibility index (Phi) is 3.50. The van der Waals surface area contributed by atoms with Crippen molar-refractivity contribution in [3.05, 3.63) is 33.9 Å². The van der Waals surface area contributed by atoms with E-state index in [9.17, 15) is 17.6 Å². The van der Waals surface area contributed by atoms with Crippen LogP contribution in [0.25, 0.3) is 0 Å². The van der Waals surface area contributed by atoms with Crippen molar-refractivity contribution < 1.29 is 17.6 Å². The zero-order chi connectivity index (χ0) is 12.7. The SMILES string of the molecule is CC(C)(N)Cc1c(F)c(F)c(Cl)c(F)c1F. The van der Waals surface area contributed by atoms with Crippen molar-refractivity contribution in [3.8, 4) is 0 Å². The van der Waals surface area contributed by atoms with Gasteiger partial charge in [0, 0.05) is 11.1 Å². The molecule has 6 heteroatoms. The highest BCUT2D eigenvalue weighted by Gasteiger charge is 2.27. The molecule has 0 amide bonds. The average molecular weight is 256 g/mol. The average Bonchev–Trinajstić information content (AvgIpc) is 2.17. The summed E-state index contributed by atoms with van der Waals surface area (Å²) in [5.74, 6) is -6.19. The molecule has 2 N–H and O–H groups in total. The summed E-state index contributed by atoms with van der Waals surface area (Å²) >= 11 is 5.07. The maximum Gasteiger partial charge on any atom is 0.180 e. The lowest BCUT2D eigenvalue weighted by atomic mass is 9.95. The fourth-order valence-electron chi connectivity index (χ4n) is 1.26. The molecule has 1 aromatic rings. The largest absolute Gasteiger partial charge is 0.325 e. The molecule has 1 nitrogen and oxygen atoms in total. The van der Waals surface area contributed by atoms with Crippen LogP contribution in [0.4, 0.5) is 17.6 Å². The second kappa shape index (κ2) is 4.22. The third-order valence-corrected chi connectivity index (χ3v) is 2.26. The van der Waals surface area contributed by atoms with E-state index in [1.807, 2.05) is 0 Å². The Balaban J connectivity index is 3.40. The number of hydrogen-bond donors (Lipinski definition) is 1. The predicted molar refractivity (Wildman–Crippen MR) is 53.3 cm³/mol. The smallest absolute Gasteiger partial charge is 0.180 e. The van der Waals surface area contributed by atoms with Gasteiger partial charge in [0.2, 0.25) is 0 Å². The molecule has 0 aliphatic carbocycles. The van der Waals surface area contributed by atoms with Gasteiger partial charge in [0.05, 0.1) is 0 Å². The molecule has 16 heavy (non-hydrogen) atoms. The second-order valence-electron chi connectivity index (χ2n) is 4.21. The van der Waals surface area contributed by atoms with Gasteiger partial charge in [-0.15, -0.1) is 0 Å². The molecule has 90 valence electrons. The summed E-state index contributed by atoms with van der Waals surface area (Å²) in [5, 5.41) is -1.19. The monoisotopic (exact) mass is 255 g/mol. The summed E-state index contributed by atoms with van der Waals surface area (Å²) in [5.41, 5.74) is 3.81. The van der Waals surface area contributed by atoms with E-state index in [1.54, 1.807) is 0 Å². The van der Waals surface area contributed by atoms with E-state index in [1.165, 1.54) is 13.8 Å². The van der Waals surface area contributed by atoms with E-state index >= 15 is 0 Å². The second-order valence-corrected chi connectivity index (χ2v) is 4.59. The van der Waals surface area contributed by atoms with Crippen LogP contribution in [0.2, 0.25) is 5.02 Å². The molecule has 0 heterocycles. The van der Waals surface area contributed by atoms with Gasteiger partial charge in [-0.2, -0.15) is 0 Å². The zero-order valence-electron chi connectivity index (χ0n) is 8.67. The van der Waals surface area contributed by atoms with E-state index in [2.05, 4.69) is 0 Å². The molecular formula is C10H10ClF4N. The van der Waals surface area contributed by atoms with Crippen molar-refractivity contribution in [2.24, 2.45) is 5.73 Å². The molecule has 0 saturated heterocycles. The van der Waals surface area contributed by atoms with Crippen LogP contribution in [0.5, 0.6) is 0 Å². The van der Waals surface area contributed by atoms with Crippen LogP contribution < -0.4 is 5.73 Å². The first kappa shape index (κ1) is 13.3. The van der Waals surface area contributed by atoms with Crippen LogP contribution in [-0.4, -0.2) is 5.54 Å². The molecule has 0 atom stereocenters. The summed E-state index contributed by atoms with van der Waals surface area (Å²) in [6.45, 7) is 2.96. The molecule has 0 saturated carbocycles. The maximum absolute atomic E-state index is 13.3. The highest BCUT2D eigenvalue weighted by Crippen LogP contribution is 2.29. The van der Waals surface area contributed by atoms with Gasteiger partial charge < -0.3 is 5.73 Å². The third-order valence-electron chi connectivity index (χ3n) is 1.93. The van der Waals surface area contributed by atoms with Crippen LogP contribution in [0.1, 0.15) is 19.4 Å². The minimum Gasteiger partial charge on any atom is -0.325 e. The Hall–Kier alpha value is -0.810. The molecule has 0 bridgehead atoms. The number of halogens is 5. The molecule has 0 aromatic heterocycles. The number of benzene rings is 1. The standard InChI is InChI=1S/C10H10ClF4N/c1-10(2,16)3-4-6(12)8(14)5(11)9(15)7(4)13/h3,16H2,1-2H3. The van der Waals surface area contributed by atoms with Crippen molar-refractivity contribution in [2.45, 2.75) is 25.8 Å². The topological polar surface area (TPSA) is 26.0 Å². The van der Waals surface area contributed by atoms with Crippen molar-refractivity contribution in [2.75, 3.05) is 0 Å². The van der Waals surface area contributed by atoms with Crippen LogP contribution in [0.3, 0.4) is 0 Å². The Morgan fingerprint density at radius 2 is 1.38 bits per heavy atom. The summed E-state index contributed by atoms with van der Waals surface area (Å²) < 4.78 is 52.7. The minimum atomic E-state index is -1.60. The molecular weight excluding hydrogens is 246 g/mol. The number of rotatable bonds is 2. The first-order valence-electron chi connectivity index (χ1n) is 4.44. The van der Waals surface area contributed by atoms with Gasteiger partial charge in [0.1, 0.15) is 5.02 Å². The highest BCUT2D eigenvalue weighted by molar-refractivity contribution is 6.30. The van der Waals surface area contributed by atoms with Crippen molar-refractivity contribution >= 4 is 11.6 Å². The van der Waals surface area contributed by atoms with E-state index in [4.69, 9.17) is 17.3 Å². The third kappa shape index (κ3) is 2.47. The fourth-order valence-corrected chi connectivity index (χ4v) is 1.43. The molecule has 0 fully saturated rings.